The molecule has 4 atom stereocenters. The summed E-state index contributed by atoms with van der Waals surface area (Å²) in [6.45, 7) is 6.07. The number of carbonyl (C=O) groups is 3. The zero-order valence-corrected chi connectivity index (χ0v) is 24.9. The summed E-state index contributed by atoms with van der Waals surface area (Å²) in [4.78, 5) is 40.3. The van der Waals surface area contributed by atoms with Crippen molar-refractivity contribution in [3.8, 4) is 5.75 Å². The van der Waals surface area contributed by atoms with Crippen molar-refractivity contribution in [1.82, 2.24) is 5.32 Å². The van der Waals surface area contributed by atoms with Crippen LogP contribution < -0.4 is 20.7 Å². The van der Waals surface area contributed by atoms with E-state index in [1.165, 1.54) is 48.8 Å². The molecule has 3 aromatic rings. The molecule has 3 heterocycles. The number of carbonyl (C=O) groups excluding carboxylic acids is 2. The topological polar surface area (TPSA) is 117 Å². The van der Waals surface area contributed by atoms with Crippen LogP contribution in [0.4, 0.5) is 15.8 Å². The number of carboxylic acid groups (broad SMARTS) is 1. The molecule has 0 aliphatic carbocycles. The van der Waals surface area contributed by atoms with Crippen molar-refractivity contribution in [2.45, 2.75) is 58.0 Å². The van der Waals surface area contributed by atoms with E-state index in [0.717, 1.165) is 0 Å². The first kappa shape index (κ1) is 31.7. The van der Waals surface area contributed by atoms with Crippen molar-refractivity contribution < 1.29 is 28.6 Å². The highest BCUT2D eigenvalue weighted by atomic mass is 35.5. The summed E-state index contributed by atoms with van der Waals surface area (Å²) in [6, 6.07) is 8.57. The predicted octanol–water partition coefficient (Wildman–Crippen LogP) is 6.93. The van der Waals surface area contributed by atoms with E-state index in [-0.39, 0.29) is 46.3 Å². The fourth-order valence-corrected chi connectivity index (χ4v) is 7.64. The Morgan fingerprint density at radius 3 is 2.55 bits per heavy atom. The number of nitrogens with one attached hydrogen (secondary N) is 3. The molecule has 8 nitrogen and oxygen atoms in total. The number of hydrogen-bond acceptors (Lipinski definition) is 6. The lowest BCUT2D eigenvalue weighted by molar-refractivity contribution is -0.122. The smallest absolute Gasteiger partial charge is 0.335 e. The maximum absolute atomic E-state index is 15.8. The number of amides is 2. The van der Waals surface area contributed by atoms with Crippen LogP contribution in [-0.4, -0.2) is 42.1 Å². The Morgan fingerprint density at radius 2 is 1.90 bits per heavy atom. The fourth-order valence-electron chi connectivity index (χ4n) is 6.00. The van der Waals surface area contributed by atoms with Crippen LogP contribution in [0.15, 0.2) is 42.5 Å². The Morgan fingerprint density at radius 1 is 1.19 bits per heavy atom. The monoisotopic (exact) mass is 635 g/mol. The molecule has 42 heavy (non-hydrogen) atoms. The van der Waals surface area contributed by atoms with Crippen molar-refractivity contribution in [2.24, 2.45) is 5.41 Å². The van der Waals surface area contributed by atoms with Gasteiger partial charge in [-0.2, -0.15) is 0 Å². The molecule has 224 valence electrons. The van der Waals surface area contributed by atoms with Crippen molar-refractivity contribution in [3.05, 3.63) is 73.6 Å². The number of anilines is 2. The molecule has 0 radical (unpaired) electrons. The molecule has 2 aliphatic heterocycles. The number of halogens is 3. The molecular weight excluding hydrogens is 604 g/mol. The van der Waals surface area contributed by atoms with Crippen molar-refractivity contribution in [1.29, 1.82) is 0 Å². The lowest BCUT2D eigenvalue weighted by Crippen LogP contribution is -2.49. The van der Waals surface area contributed by atoms with E-state index >= 15 is 4.39 Å². The van der Waals surface area contributed by atoms with Crippen LogP contribution in [0.25, 0.3) is 0 Å². The van der Waals surface area contributed by atoms with Gasteiger partial charge in [0.2, 0.25) is 11.8 Å². The summed E-state index contributed by atoms with van der Waals surface area (Å²) in [5, 5.41) is 18.4. The third-order valence-corrected chi connectivity index (χ3v) is 9.28. The molecule has 2 amide bonds. The van der Waals surface area contributed by atoms with E-state index in [2.05, 4.69) is 16.0 Å². The van der Waals surface area contributed by atoms with E-state index in [0.29, 0.717) is 21.3 Å². The molecule has 1 spiro atoms. The molecule has 0 saturated carbocycles. The molecule has 0 unspecified atom stereocenters. The van der Waals surface area contributed by atoms with E-state index in [1.807, 2.05) is 20.8 Å². The average molecular weight is 637 g/mol. The van der Waals surface area contributed by atoms with Gasteiger partial charge in [-0.1, -0.05) is 63.5 Å². The van der Waals surface area contributed by atoms with Crippen LogP contribution in [0, 0.1) is 11.2 Å². The minimum absolute atomic E-state index is 0. The lowest BCUT2D eigenvalue weighted by Gasteiger charge is -2.37. The van der Waals surface area contributed by atoms with Crippen molar-refractivity contribution in [3.63, 3.8) is 0 Å². The van der Waals surface area contributed by atoms with Gasteiger partial charge in [0.1, 0.15) is 17.0 Å². The minimum atomic E-state index is -1.38. The molecule has 1 fully saturated rings. The second kappa shape index (κ2) is 11.5. The zero-order chi connectivity index (χ0) is 29.9. The standard InChI is InChI=1S/C29H28Cl2FN3O5S.CH4/c1-28(2,3)12-19-29(24-17(34-27(29)39)11-20(31)41-24)21(14-6-5-7-15(30)22(14)32)23(35-19)25(36)33-16-9-8-13(26(37)38)10-18(16)40-4;/h5-11,19,21,23,35H,12H2,1-4H3,(H,33,36)(H,34,39)(H,37,38);1H4/t19-,21-,23+,29+;/m0./s1. The van der Waals surface area contributed by atoms with Crippen LogP contribution in [0.1, 0.15) is 61.3 Å². The average Bonchev–Trinajstić information content (AvgIpc) is 3.50. The van der Waals surface area contributed by atoms with Crippen LogP contribution in [0.3, 0.4) is 0 Å². The summed E-state index contributed by atoms with van der Waals surface area (Å²) in [7, 11) is 1.36. The Hall–Kier alpha value is -3.18. The van der Waals surface area contributed by atoms with Gasteiger partial charge in [0, 0.05) is 16.8 Å². The number of thiophene rings is 1. The molecule has 5 rings (SSSR count). The van der Waals surface area contributed by atoms with Gasteiger partial charge in [0.05, 0.1) is 39.4 Å². The number of rotatable bonds is 6. The molecule has 1 saturated heterocycles. The van der Waals surface area contributed by atoms with Gasteiger partial charge in [-0.25, -0.2) is 9.18 Å². The normalized spacial score (nSPS) is 22.8. The maximum Gasteiger partial charge on any atom is 0.335 e. The van der Waals surface area contributed by atoms with Gasteiger partial charge in [-0.15, -0.1) is 11.3 Å². The first-order chi connectivity index (χ1) is 19.3. The Bertz CT molecular complexity index is 1570. The highest BCUT2D eigenvalue weighted by molar-refractivity contribution is 7.17. The fraction of sp³-hybridized carbons (Fsp3) is 0.367. The Kier molecular flexibility index (Phi) is 8.68. The second-order valence-electron chi connectivity index (χ2n) is 11.4. The first-order valence-electron chi connectivity index (χ1n) is 12.8. The number of benzene rings is 2. The summed E-state index contributed by atoms with van der Waals surface area (Å²) in [5.74, 6) is -3.68. The Balaban J connectivity index is 0.00000405. The highest BCUT2D eigenvalue weighted by Gasteiger charge is 2.67. The van der Waals surface area contributed by atoms with E-state index in [4.69, 9.17) is 27.9 Å². The summed E-state index contributed by atoms with van der Waals surface area (Å²) in [6.07, 6.45) is 0.467. The SMILES string of the molecule is C.COc1cc(C(=O)O)ccc1NC(=O)[C@@H]1N[C@@H](CC(C)(C)C)[C@@]2(C(=O)Nc3cc(Cl)sc32)[C@H]1c1cccc(Cl)c1F. The number of hydrogen-bond donors (Lipinski definition) is 4. The van der Waals surface area contributed by atoms with E-state index in [9.17, 15) is 19.5 Å². The summed E-state index contributed by atoms with van der Waals surface area (Å²) < 4.78 is 21.6. The zero-order valence-electron chi connectivity index (χ0n) is 22.6. The van der Waals surface area contributed by atoms with Crippen LogP contribution in [0.2, 0.25) is 9.36 Å². The third kappa shape index (κ3) is 5.25. The third-order valence-electron chi connectivity index (χ3n) is 7.58. The maximum atomic E-state index is 15.8. The van der Waals surface area contributed by atoms with Gasteiger partial charge >= 0.3 is 5.97 Å². The molecule has 2 aromatic carbocycles. The van der Waals surface area contributed by atoms with Crippen molar-refractivity contribution >= 4 is 63.7 Å². The molecular formula is C30H32Cl2FN3O5S. The van der Waals surface area contributed by atoms with E-state index < -0.39 is 41.1 Å². The van der Waals surface area contributed by atoms with E-state index in [1.54, 1.807) is 12.1 Å². The minimum Gasteiger partial charge on any atom is -0.495 e. The van der Waals surface area contributed by atoms with Gasteiger partial charge in [-0.3, -0.25) is 9.59 Å². The number of fused-ring (bicyclic) bond motifs is 2. The summed E-state index contributed by atoms with van der Waals surface area (Å²) in [5.41, 5.74) is -0.823. The quantitative estimate of drug-likeness (QED) is 0.233. The molecule has 4 N–H and O–H groups in total. The van der Waals surface area contributed by atoms with Crippen LogP contribution in [-0.2, 0) is 15.0 Å². The molecule has 2 aliphatic rings. The van der Waals surface area contributed by atoms with Gasteiger partial charge in [-0.05, 0) is 47.7 Å². The number of aromatic carboxylic acids is 1. The summed E-state index contributed by atoms with van der Waals surface area (Å²) >= 11 is 13.9. The van der Waals surface area contributed by atoms with Crippen LogP contribution in [0.5, 0.6) is 5.75 Å². The van der Waals surface area contributed by atoms with Gasteiger partial charge < -0.3 is 25.8 Å². The number of ether oxygens (including phenoxy) is 1. The van der Waals surface area contributed by atoms with Crippen LogP contribution >= 0.6 is 34.5 Å². The second-order valence-corrected chi connectivity index (χ2v) is 13.5. The molecule has 0 bridgehead atoms. The Labute approximate surface area is 257 Å². The van der Waals surface area contributed by atoms with Crippen molar-refractivity contribution in [2.75, 3.05) is 17.7 Å². The molecule has 1 aromatic heterocycles. The highest BCUT2D eigenvalue weighted by Crippen LogP contribution is 2.59. The molecule has 12 heteroatoms. The van der Waals surface area contributed by atoms with Gasteiger partial charge in [0.15, 0.2) is 0 Å². The number of carboxylic acids is 1. The number of methoxy groups -OCH3 is 1. The first-order valence-corrected chi connectivity index (χ1v) is 14.4. The predicted molar refractivity (Wildman–Crippen MR) is 164 cm³/mol. The largest absolute Gasteiger partial charge is 0.495 e. The lowest BCUT2D eigenvalue weighted by atomic mass is 9.65. The van der Waals surface area contributed by atoms with Gasteiger partial charge in [0.25, 0.3) is 0 Å².